The summed E-state index contributed by atoms with van der Waals surface area (Å²) in [7, 11) is 0. The van der Waals surface area contributed by atoms with Crippen molar-refractivity contribution in [2.45, 2.75) is 51.1 Å². The Morgan fingerprint density at radius 3 is 2.58 bits per heavy atom. The first kappa shape index (κ1) is 16.4. The van der Waals surface area contributed by atoms with Gasteiger partial charge in [-0.2, -0.15) is 0 Å². The summed E-state index contributed by atoms with van der Waals surface area (Å²) in [4.78, 5) is 24.7. The van der Waals surface area contributed by atoms with Gasteiger partial charge in [-0.3, -0.25) is 9.78 Å². The maximum Gasteiger partial charge on any atom is 0.271 e. The Labute approximate surface area is 142 Å². The van der Waals surface area contributed by atoms with Crippen molar-refractivity contribution in [1.82, 2.24) is 20.3 Å². The van der Waals surface area contributed by atoms with Gasteiger partial charge in [0.15, 0.2) is 0 Å². The molecule has 126 valence electrons. The molecule has 1 saturated carbocycles. The van der Waals surface area contributed by atoms with Crippen molar-refractivity contribution in [1.29, 1.82) is 0 Å². The number of hydrogen-bond acceptors (Lipinski definition) is 5. The van der Waals surface area contributed by atoms with E-state index in [-0.39, 0.29) is 5.91 Å². The monoisotopic (exact) mass is 325 g/mol. The molecule has 0 aliphatic heterocycles. The third kappa shape index (κ3) is 4.75. The molecule has 2 aromatic heterocycles. The summed E-state index contributed by atoms with van der Waals surface area (Å²) in [6.45, 7) is 0.427. The molecule has 0 spiro atoms. The van der Waals surface area contributed by atoms with Gasteiger partial charge in [0, 0.05) is 25.0 Å². The number of carbonyl (C=O) groups is 1. The van der Waals surface area contributed by atoms with E-state index in [0.717, 1.165) is 11.4 Å². The number of anilines is 1. The highest BCUT2D eigenvalue weighted by molar-refractivity contribution is 5.91. The number of amides is 1. The molecule has 0 unspecified atom stereocenters. The van der Waals surface area contributed by atoms with Crippen LogP contribution in [0.3, 0.4) is 0 Å². The van der Waals surface area contributed by atoms with Crippen molar-refractivity contribution in [2.24, 2.45) is 0 Å². The number of rotatable bonds is 5. The molecule has 6 heteroatoms. The van der Waals surface area contributed by atoms with E-state index >= 15 is 0 Å². The van der Waals surface area contributed by atoms with E-state index < -0.39 is 0 Å². The molecule has 0 radical (unpaired) electrons. The molecule has 6 nitrogen and oxygen atoms in total. The van der Waals surface area contributed by atoms with Crippen LogP contribution in [0.4, 0.5) is 5.82 Å². The zero-order valence-corrected chi connectivity index (χ0v) is 13.7. The van der Waals surface area contributed by atoms with Crippen LogP contribution in [0.15, 0.2) is 36.9 Å². The molecule has 2 N–H and O–H groups in total. The Bertz CT molecular complexity index is 636. The summed E-state index contributed by atoms with van der Waals surface area (Å²) in [5.74, 6) is 0.512. The summed E-state index contributed by atoms with van der Waals surface area (Å²) >= 11 is 0. The third-order valence-electron chi connectivity index (χ3n) is 4.27. The second-order valence-corrected chi connectivity index (χ2v) is 6.16. The Balaban J connectivity index is 1.52. The first-order chi connectivity index (χ1) is 11.8. The molecular weight excluding hydrogens is 302 g/mol. The predicted octanol–water partition coefficient (Wildman–Crippen LogP) is 2.94. The molecule has 3 rings (SSSR count). The van der Waals surface area contributed by atoms with Gasteiger partial charge in [-0.05, 0) is 24.5 Å². The van der Waals surface area contributed by atoms with Gasteiger partial charge in [-0.1, -0.05) is 31.7 Å². The van der Waals surface area contributed by atoms with Crippen LogP contribution < -0.4 is 10.6 Å². The van der Waals surface area contributed by atoms with Crippen LogP contribution in [0.5, 0.6) is 0 Å². The highest BCUT2D eigenvalue weighted by Gasteiger charge is 2.13. The summed E-state index contributed by atoms with van der Waals surface area (Å²) in [6, 6.07) is 4.22. The molecule has 24 heavy (non-hydrogen) atoms. The van der Waals surface area contributed by atoms with Gasteiger partial charge in [-0.15, -0.1) is 0 Å². The normalized spacial score (nSPS) is 15.5. The van der Waals surface area contributed by atoms with Gasteiger partial charge in [0.1, 0.15) is 11.5 Å². The molecule has 0 aromatic carbocycles. The fourth-order valence-electron chi connectivity index (χ4n) is 2.93. The smallest absolute Gasteiger partial charge is 0.271 e. The lowest BCUT2D eigenvalue weighted by molar-refractivity contribution is 0.0945. The zero-order valence-electron chi connectivity index (χ0n) is 13.7. The molecule has 0 bridgehead atoms. The SMILES string of the molecule is O=C(NCc1cccnc1)c1cnc(NC2CCCCCC2)cn1. The molecule has 0 atom stereocenters. The second kappa shape index (κ2) is 8.38. The lowest BCUT2D eigenvalue weighted by Crippen LogP contribution is -2.24. The average Bonchev–Trinajstić information content (AvgIpc) is 2.90. The fourth-order valence-corrected chi connectivity index (χ4v) is 2.93. The standard InChI is InChI=1S/C18H23N5O/c24-18(22-11-14-6-5-9-19-10-14)16-12-21-17(13-20-16)23-15-7-3-1-2-4-8-15/h5-6,9-10,12-13,15H,1-4,7-8,11H2,(H,21,23)(H,22,24). The lowest BCUT2D eigenvalue weighted by Gasteiger charge is -2.16. The Kier molecular flexibility index (Phi) is 5.71. The van der Waals surface area contributed by atoms with Gasteiger partial charge in [0.25, 0.3) is 5.91 Å². The fraction of sp³-hybridized carbons (Fsp3) is 0.444. The number of hydrogen-bond donors (Lipinski definition) is 2. The Hall–Kier alpha value is -2.50. The van der Waals surface area contributed by atoms with Crippen LogP contribution in [-0.4, -0.2) is 26.9 Å². The number of aromatic nitrogens is 3. The molecule has 1 aliphatic rings. The lowest BCUT2D eigenvalue weighted by atomic mass is 10.1. The van der Waals surface area contributed by atoms with E-state index in [2.05, 4.69) is 25.6 Å². The van der Waals surface area contributed by atoms with E-state index in [9.17, 15) is 4.79 Å². The van der Waals surface area contributed by atoms with E-state index in [1.54, 1.807) is 18.6 Å². The quantitative estimate of drug-likeness (QED) is 0.826. The van der Waals surface area contributed by atoms with Crippen LogP contribution in [-0.2, 0) is 6.54 Å². The topological polar surface area (TPSA) is 79.8 Å². The molecule has 2 heterocycles. The maximum absolute atomic E-state index is 12.1. The first-order valence-electron chi connectivity index (χ1n) is 8.57. The molecular formula is C18H23N5O. The average molecular weight is 325 g/mol. The minimum Gasteiger partial charge on any atom is -0.366 e. The van der Waals surface area contributed by atoms with Gasteiger partial charge < -0.3 is 10.6 Å². The minimum absolute atomic E-state index is 0.229. The van der Waals surface area contributed by atoms with E-state index in [0.29, 0.717) is 18.3 Å². The summed E-state index contributed by atoms with van der Waals surface area (Å²) in [5, 5.41) is 6.25. The van der Waals surface area contributed by atoms with Crippen molar-refractivity contribution >= 4 is 11.7 Å². The molecule has 2 aromatic rings. The predicted molar refractivity (Wildman–Crippen MR) is 92.6 cm³/mol. The van der Waals surface area contributed by atoms with E-state index in [1.165, 1.54) is 44.7 Å². The molecule has 1 fully saturated rings. The van der Waals surface area contributed by atoms with Gasteiger partial charge in [0.2, 0.25) is 0 Å². The second-order valence-electron chi connectivity index (χ2n) is 6.16. The zero-order chi connectivity index (χ0) is 16.6. The van der Waals surface area contributed by atoms with Gasteiger partial charge >= 0.3 is 0 Å². The van der Waals surface area contributed by atoms with Crippen LogP contribution in [0, 0.1) is 0 Å². The van der Waals surface area contributed by atoms with Crippen LogP contribution >= 0.6 is 0 Å². The summed E-state index contributed by atoms with van der Waals surface area (Å²) in [5.41, 5.74) is 1.27. The van der Waals surface area contributed by atoms with E-state index in [4.69, 9.17) is 0 Å². The maximum atomic E-state index is 12.1. The van der Waals surface area contributed by atoms with Crippen LogP contribution in [0.2, 0.25) is 0 Å². The largest absolute Gasteiger partial charge is 0.366 e. The number of nitrogens with one attached hydrogen (secondary N) is 2. The number of pyridine rings is 1. The Morgan fingerprint density at radius 1 is 1.08 bits per heavy atom. The first-order valence-corrected chi connectivity index (χ1v) is 8.57. The summed E-state index contributed by atoms with van der Waals surface area (Å²) in [6.07, 6.45) is 14.1. The molecule has 0 saturated heterocycles. The number of nitrogens with zero attached hydrogens (tertiary/aromatic N) is 3. The van der Waals surface area contributed by atoms with Gasteiger partial charge in [-0.25, -0.2) is 9.97 Å². The minimum atomic E-state index is -0.229. The van der Waals surface area contributed by atoms with Crippen molar-refractivity contribution in [3.63, 3.8) is 0 Å². The highest BCUT2D eigenvalue weighted by Crippen LogP contribution is 2.20. The van der Waals surface area contributed by atoms with Crippen molar-refractivity contribution in [3.05, 3.63) is 48.2 Å². The molecule has 1 aliphatic carbocycles. The van der Waals surface area contributed by atoms with E-state index in [1.807, 2.05) is 12.1 Å². The van der Waals surface area contributed by atoms with Crippen LogP contribution in [0.1, 0.15) is 54.6 Å². The Morgan fingerprint density at radius 2 is 1.92 bits per heavy atom. The van der Waals surface area contributed by atoms with Crippen molar-refractivity contribution in [2.75, 3.05) is 5.32 Å². The summed E-state index contributed by atoms with van der Waals surface area (Å²) < 4.78 is 0. The van der Waals surface area contributed by atoms with Crippen molar-refractivity contribution in [3.8, 4) is 0 Å². The van der Waals surface area contributed by atoms with Crippen LogP contribution in [0.25, 0.3) is 0 Å². The number of carbonyl (C=O) groups excluding carboxylic acids is 1. The highest BCUT2D eigenvalue weighted by atomic mass is 16.1. The van der Waals surface area contributed by atoms with Crippen molar-refractivity contribution < 1.29 is 4.79 Å². The third-order valence-corrected chi connectivity index (χ3v) is 4.27. The van der Waals surface area contributed by atoms with Gasteiger partial charge in [0.05, 0.1) is 12.4 Å². The molecule has 1 amide bonds.